The van der Waals surface area contributed by atoms with Crippen LogP contribution in [0.1, 0.15) is 46.4 Å². The summed E-state index contributed by atoms with van der Waals surface area (Å²) < 4.78 is 32.6. The van der Waals surface area contributed by atoms with Crippen molar-refractivity contribution < 1.29 is 18.0 Å². The number of amides is 1. The number of aromatic nitrogens is 3. The molecule has 0 N–H and O–H groups in total. The molecule has 2 aromatic heterocycles. The van der Waals surface area contributed by atoms with E-state index in [0.717, 1.165) is 24.7 Å². The van der Waals surface area contributed by atoms with Crippen LogP contribution < -0.4 is 0 Å². The van der Waals surface area contributed by atoms with Crippen LogP contribution in [0, 0.1) is 11.6 Å². The molecule has 0 saturated heterocycles. The van der Waals surface area contributed by atoms with Crippen LogP contribution in [-0.2, 0) is 13.0 Å². The largest absolute Gasteiger partial charge is 0.441 e. The number of benzene rings is 1. The average molecular weight is 382 g/mol. The zero-order valence-corrected chi connectivity index (χ0v) is 14.9. The number of carbonyl (C=O) groups excluding carboxylic acids is 1. The molecule has 0 spiro atoms. The molecular weight excluding hydrogens is 366 g/mol. The van der Waals surface area contributed by atoms with Gasteiger partial charge in [-0.2, -0.15) is 0 Å². The SMILES string of the molecule is O=C(c1cnc(C2CC2)nc1)N1CCc2oc(-c3cc(F)cc(F)c3)nc2C1. The third-order valence-electron chi connectivity index (χ3n) is 4.99. The fraction of sp³-hybridized carbons (Fsp3) is 0.300. The van der Waals surface area contributed by atoms with Crippen molar-refractivity contribution in [2.45, 2.75) is 31.7 Å². The Morgan fingerprint density at radius 2 is 1.82 bits per heavy atom. The summed E-state index contributed by atoms with van der Waals surface area (Å²) in [6.07, 6.45) is 5.83. The highest BCUT2D eigenvalue weighted by Gasteiger charge is 2.29. The van der Waals surface area contributed by atoms with Gasteiger partial charge < -0.3 is 9.32 Å². The van der Waals surface area contributed by atoms with E-state index in [1.165, 1.54) is 12.1 Å². The van der Waals surface area contributed by atoms with Gasteiger partial charge in [0.25, 0.3) is 5.91 Å². The standard InChI is InChI=1S/C20H16F2N4O2/c21-14-5-12(6-15(22)7-14)19-25-16-10-26(4-3-17(16)28-19)20(27)13-8-23-18(24-9-13)11-1-2-11/h5-9,11H,1-4,10H2. The van der Waals surface area contributed by atoms with Gasteiger partial charge in [0.15, 0.2) is 0 Å². The molecule has 142 valence electrons. The second-order valence-electron chi connectivity index (χ2n) is 7.13. The minimum Gasteiger partial charge on any atom is -0.441 e. The van der Waals surface area contributed by atoms with Gasteiger partial charge in [-0.3, -0.25) is 4.79 Å². The zero-order valence-electron chi connectivity index (χ0n) is 14.9. The van der Waals surface area contributed by atoms with Gasteiger partial charge in [-0.25, -0.2) is 23.7 Å². The van der Waals surface area contributed by atoms with Crippen molar-refractivity contribution >= 4 is 5.91 Å². The maximum Gasteiger partial charge on any atom is 0.257 e. The number of hydrogen-bond donors (Lipinski definition) is 0. The number of oxazole rings is 1. The molecule has 8 heteroatoms. The molecule has 0 unspecified atom stereocenters. The highest BCUT2D eigenvalue weighted by atomic mass is 19.1. The normalized spacial score (nSPS) is 16.1. The molecule has 0 atom stereocenters. The quantitative estimate of drug-likeness (QED) is 0.693. The molecule has 3 aromatic rings. The smallest absolute Gasteiger partial charge is 0.257 e. The third-order valence-corrected chi connectivity index (χ3v) is 4.99. The highest BCUT2D eigenvalue weighted by Crippen LogP contribution is 2.37. The maximum absolute atomic E-state index is 13.5. The van der Waals surface area contributed by atoms with E-state index in [1.807, 2.05) is 0 Å². The van der Waals surface area contributed by atoms with Crippen molar-refractivity contribution in [1.29, 1.82) is 0 Å². The zero-order chi connectivity index (χ0) is 19.3. The molecule has 1 aromatic carbocycles. The van der Waals surface area contributed by atoms with E-state index in [1.54, 1.807) is 17.3 Å². The van der Waals surface area contributed by atoms with Crippen LogP contribution in [0.25, 0.3) is 11.5 Å². The van der Waals surface area contributed by atoms with Crippen molar-refractivity contribution in [3.8, 4) is 11.5 Å². The van der Waals surface area contributed by atoms with E-state index >= 15 is 0 Å². The van der Waals surface area contributed by atoms with Crippen LogP contribution in [0.4, 0.5) is 8.78 Å². The Kier molecular flexibility index (Phi) is 3.92. The minimum absolute atomic E-state index is 0.148. The lowest BCUT2D eigenvalue weighted by Gasteiger charge is -2.25. The molecule has 0 bridgehead atoms. The van der Waals surface area contributed by atoms with Gasteiger partial charge >= 0.3 is 0 Å². The van der Waals surface area contributed by atoms with Crippen molar-refractivity contribution in [2.24, 2.45) is 0 Å². The first-order valence-corrected chi connectivity index (χ1v) is 9.13. The maximum atomic E-state index is 13.5. The summed E-state index contributed by atoms with van der Waals surface area (Å²) in [4.78, 5) is 27.4. The molecule has 1 aliphatic carbocycles. The van der Waals surface area contributed by atoms with Gasteiger partial charge in [-0.05, 0) is 25.0 Å². The first-order chi connectivity index (χ1) is 13.6. The molecule has 6 nitrogen and oxygen atoms in total. The molecule has 2 aliphatic rings. The Morgan fingerprint density at radius 1 is 1.11 bits per heavy atom. The molecule has 1 amide bonds. The molecule has 5 rings (SSSR count). The highest BCUT2D eigenvalue weighted by molar-refractivity contribution is 5.93. The van der Waals surface area contributed by atoms with Gasteiger partial charge in [-0.15, -0.1) is 0 Å². The van der Waals surface area contributed by atoms with Crippen molar-refractivity contribution in [2.75, 3.05) is 6.54 Å². The predicted molar refractivity (Wildman–Crippen MR) is 94.3 cm³/mol. The molecule has 1 fully saturated rings. The molecule has 28 heavy (non-hydrogen) atoms. The summed E-state index contributed by atoms with van der Waals surface area (Å²) in [5.74, 6) is 0.437. The fourth-order valence-electron chi connectivity index (χ4n) is 3.36. The Bertz CT molecular complexity index is 1040. The first kappa shape index (κ1) is 17.0. The first-order valence-electron chi connectivity index (χ1n) is 9.13. The topological polar surface area (TPSA) is 72.1 Å². The van der Waals surface area contributed by atoms with Gasteiger partial charge in [-0.1, -0.05) is 0 Å². The molecule has 0 radical (unpaired) electrons. The Labute approximate surface area is 159 Å². The fourth-order valence-corrected chi connectivity index (χ4v) is 3.36. The molecule has 1 saturated carbocycles. The van der Waals surface area contributed by atoms with Gasteiger partial charge in [0.05, 0.1) is 12.1 Å². The lowest BCUT2D eigenvalue weighted by atomic mass is 10.1. The van der Waals surface area contributed by atoms with E-state index in [2.05, 4.69) is 15.0 Å². The van der Waals surface area contributed by atoms with Gasteiger partial charge in [0.2, 0.25) is 5.89 Å². The van der Waals surface area contributed by atoms with Crippen LogP contribution in [0.15, 0.2) is 35.0 Å². The van der Waals surface area contributed by atoms with Crippen LogP contribution in [0.3, 0.4) is 0 Å². The monoisotopic (exact) mass is 382 g/mol. The average Bonchev–Trinajstić information content (AvgIpc) is 3.45. The second-order valence-corrected chi connectivity index (χ2v) is 7.13. The van der Waals surface area contributed by atoms with Crippen LogP contribution in [0.2, 0.25) is 0 Å². The van der Waals surface area contributed by atoms with Crippen LogP contribution in [-0.4, -0.2) is 32.3 Å². The molecular formula is C20H16F2N4O2. The van der Waals surface area contributed by atoms with E-state index in [9.17, 15) is 13.6 Å². The minimum atomic E-state index is -0.697. The van der Waals surface area contributed by atoms with Crippen molar-refractivity contribution in [3.05, 3.63) is 65.1 Å². The number of fused-ring (bicyclic) bond motifs is 1. The lowest BCUT2D eigenvalue weighted by Crippen LogP contribution is -2.36. The van der Waals surface area contributed by atoms with Crippen LogP contribution in [0.5, 0.6) is 0 Å². The third kappa shape index (κ3) is 3.15. The number of nitrogens with zero attached hydrogens (tertiary/aromatic N) is 4. The van der Waals surface area contributed by atoms with Crippen molar-refractivity contribution in [3.63, 3.8) is 0 Å². The number of carbonyl (C=O) groups is 1. The summed E-state index contributed by atoms with van der Waals surface area (Å²) in [5.41, 5.74) is 1.26. The Morgan fingerprint density at radius 3 is 2.50 bits per heavy atom. The van der Waals surface area contributed by atoms with Gasteiger partial charge in [0.1, 0.15) is 28.9 Å². The van der Waals surface area contributed by atoms with E-state index < -0.39 is 11.6 Å². The number of hydrogen-bond acceptors (Lipinski definition) is 5. The lowest BCUT2D eigenvalue weighted by molar-refractivity contribution is 0.0727. The van der Waals surface area contributed by atoms with E-state index in [-0.39, 0.29) is 23.9 Å². The second kappa shape index (κ2) is 6.47. The van der Waals surface area contributed by atoms with E-state index in [0.29, 0.717) is 35.9 Å². The number of rotatable bonds is 3. The summed E-state index contributed by atoms with van der Waals surface area (Å²) in [6, 6.07) is 3.13. The summed E-state index contributed by atoms with van der Waals surface area (Å²) in [5, 5.41) is 0. The van der Waals surface area contributed by atoms with Crippen LogP contribution >= 0.6 is 0 Å². The Hall–Kier alpha value is -3.16. The Balaban J connectivity index is 1.36. The summed E-state index contributed by atoms with van der Waals surface area (Å²) in [7, 11) is 0. The number of halogens is 2. The summed E-state index contributed by atoms with van der Waals surface area (Å²) in [6.45, 7) is 0.724. The summed E-state index contributed by atoms with van der Waals surface area (Å²) >= 11 is 0. The predicted octanol–water partition coefficient (Wildman–Crippen LogP) is 3.49. The molecule has 3 heterocycles. The van der Waals surface area contributed by atoms with E-state index in [4.69, 9.17) is 4.42 Å². The van der Waals surface area contributed by atoms with Crippen molar-refractivity contribution in [1.82, 2.24) is 19.9 Å². The van der Waals surface area contributed by atoms with Gasteiger partial charge in [0, 0.05) is 42.9 Å². The molecule has 1 aliphatic heterocycles.